The molecule has 0 aliphatic carbocycles. The Labute approximate surface area is 170 Å². The molecule has 0 saturated carbocycles. The summed E-state index contributed by atoms with van der Waals surface area (Å²) < 4.78 is 0. The van der Waals surface area contributed by atoms with Crippen LogP contribution in [0.2, 0.25) is 0 Å². The van der Waals surface area contributed by atoms with Crippen LogP contribution in [0.5, 0.6) is 0 Å². The minimum Gasteiger partial charge on any atom is -0.366 e. The molecule has 2 aromatic rings. The molecule has 0 unspecified atom stereocenters. The van der Waals surface area contributed by atoms with Gasteiger partial charge in [0, 0.05) is 5.70 Å². The van der Waals surface area contributed by atoms with Gasteiger partial charge in [-0.2, -0.15) is 0 Å². The zero-order valence-corrected chi connectivity index (χ0v) is 17.1. The van der Waals surface area contributed by atoms with E-state index < -0.39 is 11.9 Å². The predicted octanol–water partition coefficient (Wildman–Crippen LogP) is 2.23. The standard InChI is InChI=1S/C18H20N6O2S2/c1-3-13-23-24-18(28-13)21-12(25)9-27-17-20-10(2)14(16(19)26)15(22-17)11-7-5-4-6-8-11/h4-8,15H,3,9H2,1-2H3,(H2,19,26)(H,20,22)(H,21,24,25)/t15-/m0/s1. The van der Waals surface area contributed by atoms with Crippen LogP contribution in [0.15, 0.2) is 46.6 Å². The van der Waals surface area contributed by atoms with Crippen molar-refractivity contribution in [1.29, 1.82) is 0 Å². The van der Waals surface area contributed by atoms with Gasteiger partial charge in [-0.1, -0.05) is 60.4 Å². The molecule has 4 N–H and O–H groups in total. The molecule has 0 radical (unpaired) electrons. The van der Waals surface area contributed by atoms with Gasteiger partial charge in [-0.25, -0.2) is 4.99 Å². The van der Waals surface area contributed by atoms with Crippen LogP contribution >= 0.6 is 23.1 Å². The van der Waals surface area contributed by atoms with E-state index in [0.717, 1.165) is 17.0 Å². The summed E-state index contributed by atoms with van der Waals surface area (Å²) in [5.74, 6) is -0.576. The first kappa shape index (κ1) is 20.0. The number of rotatable bonds is 6. The third-order valence-corrected chi connectivity index (χ3v) is 5.83. The van der Waals surface area contributed by atoms with Crippen LogP contribution in [0, 0.1) is 0 Å². The highest BCUT2D eigenvalue weighted by molar-refractivity contribution is 8.14. The monoisotopic (exact) mass is 416 g/mol. The molecule has 0 bridgehead atoms. The number of anilines is 1. The molecule has 1 atom stereocenters. The van der Waals surface area contributed by atoms with Gasteiger partial charge in [-0.05, 0) is 18.9 Å². The number of amides is 2. The van der Waals surface area contributed by atoms with Gasteiger partial charge in [0.05, 0.1) is 11.3 Å². The number of thioether (sulfide) groups is 1. The Hall–Kier alpha value is -2.72. The fourth-order valence-corrected chi connectivity index (χ4v) is 4.09. The second-order valence-corrected chi connectivity index (χ2v) is 7.99. The Morgan fingerprint density at radius 3 is 2.68 bits per heavy atom. The number of hydrogen-bond donors (Lipinski definition) is 3. The quantitative estimate of drug-likeness (QED) is 0.664. The number of aryl methyl sites for hydroxylation is 1. The van der Waals surface area contributed by atoms with Crippen molar-refractivity contribution >= 4 is 45.2 Å². The number of primary amides is 1. The molecule has 10 heteroatoms. The van der Waals surface area contributed by atoms with E-state index in [1.54, 1.807) is 6.92 Å². The van der Waals surface area contributed by atoms with Crippen molar-refractivity contribution in [3.63, 3.8) is 0 Å². The minimum atomic E-state index is -0.521. The summed E-state index contributed by atoms with van der Waals surface area (Å²) in [6.07, 6.45) is 0.775. The van der Waals surface area contributed by atoms with Crippen molar-refractivity contribution in [2.24, 2.45) is 10.7 Å². The molecule has 2 heterocycles. The van der Waals surface area contributed by atoms with E-state index in [1.165, 1.54) is 23.1 Å². The van der Waals surface area contributed by atoms with Crippen molar-refractivity contribution in [3.8, 4) is 0 Å². The van der Waals surface area contributed by atoms with Crippen LogP contribution in [0.3, 0.4) is 0 Å². The van der Waals surface area contributed by atoms with Gasteiger partial charge in [0.2, 0.25) is 16.9 Å². The predicted molar refractivity (Wildman–Crippen MR) is 112 cm³/mol. The van der Waals surface area contributed by atoms with Crippen molar-refractivity contribution in [2.45, 2.75) is 26.3 Å². The van der Waals surface area contributed by atoms with Gasteiger partial charge >= 0.3 is 0 Å². The molecule has 1 aromatic heterocycles. The van der Waals surface area contributed by atoms with Crippen molar-refractivity contribution in [2.75, 3.05) is 11.1 Å². The highest BCUT2D eigenvalue weighted by Gasteiger charge is 2.28. The number of carbonyl (C=O) groups excluding carboxylic acids is 2. The minimum absolute atomic E-state index is 0.146. The van der Waals surface area contributed by atoms with E-state index in [9.17, 15) is 9.59 Å². The SMILES string of the molecule is CCc1nnc(NC(=O)CSC2=N[C@@H](c3ccccc3)C(C(N)=O)=C(C)N2)s1. The van der Waals surface area contributed by atoms with Gasteiger partial charge in [0.1, 0.15) is 11.0 Å². The molecular weight excluding hydrogens is 396 g/mol. The number of amidine groups is 1. The normalized spacial score (nSPS) is 16.4. The first-order valence-electron chi connectivity index (χ1n) is 8.63. The second-order valence-electron chi connectivity index (χ2n) is 5.97. The van der Waals surface area contributed by atoms with Gasteiger partial charge in [-0.3, -0.25) is 14.9 Å². The number of nitrogens with one attached hydrogen (secondary N) is 2. The summed E-state index contributed by atoms with van der Waals surface area (Å²) in [6, 6.07) is 8.95. The van der Waals surface area contributed by atoms with E-state index in [0.29, 0.717) is 21.6 Å². The highest BCUT2D eigenvalue weighted by atomic mass is 32.2. The fraction of sp³-hybridized carbons (Fsp3) is 0.278. The summed E-state index contributed by atoms with van der Waals surface area (Å²) in [7, 11) is 0. The van der Waals surface area contributed by atoms with Crippen LogP contribution in [-0.2, 0) is 16.0 Å². The zero-order chi connectivity index (χ0) is 20.1. The Balaban J connectivity index is 1.69. The number of nitrogens with two attached hydrogens (primary N) is 1. The van der Waals surface area contributed by atoms with Gasteiger partial charge < -0.3 is 11.1 Å². The molecule has 0 saturated heterocycles. The van der Waals surface area contributed by atoms with Crippen LogP contribution in [0.4, 0.5) is 5.13 Å². The lowest BCUT2D eigenvalue weighted by Gasteiger charge is -2.25. The highest BCUT2D eigenvalue weighted by Crippen LogP contribution is 2.31. The fourth-order valence-electron chi connectivity index (χ4n) is 2.65. The topological polar surface area (TPSA) is 122 Å². The molecule has 28 heavy (non-hydrogen) atoms. The van der Waals surface area contributed by atoms with E-state index in [4.69, 9.17) is 5.73 Å². The second kappa shape index (κ2) is 8.98. The molecule has 0 fully saturated rings. The van der Waals surface area contributed by atoms with Crippen LogP contribution in [-0.4, -0.2) is 32.9 Å². The van der Waals surface area contributed by atoms with Crippen LogP contribution in [0.1, 0.15) is 30.5 Å². The number of nitrogens with zero attached hydrogens (tertiary/aromatic N) is 3. The Kier molecular flexibility index (Phi) is 6.42. The van der Waals surface area contributed by atoms with Gasteiger partial charge in [0.15, 0.2) is 5.17 Å². The third kappa shape index (κ3) is 4.76. The summed E-state index contributed by atoms with van der Waals surface area (Å²) in [5, 5.41) is 15.6. The molecule has 1 aliphatic rings. The maximum atomic E-state index is 12.2. The third-order valence-electron chi connectivity index (χ3n) is 3.95. The van der Waals surface area contributed by atoms with Gasteiger partial charge in [-0.15, -0.1) is 10.2 Å². The Morgan fingerprint density at radius 1 is 1.29 bits per heavy atom. The zero-order valence-electron chi connectivity index (χ0n) is 15.4. The lowest BCUT2D eigenvalue weighted by Crippen LogP contribution is -2.33. The van der Waals surface area contributed by atoms with Crippen LogP contribution < -0.4 is 16.4 Å². The summed E-state index contributed by atoms with van der Waals surface area (Å²) in [5.41, 5.74) is 7.48. The lowest BCUT2D eigenvalue weighted by molar-refractivity contribution is -0.115. The largest absolute Gasteiger partial charge is 0.366 e. The Morgan fingerprint density at radius 2 is 2.04 bits per heavy atom. The number of hydrogen-bond acceptors (Lipinski definition) is 8. The lowest BCUT2D eigenvalue weighted by atomic mass is 9.96. The van der Waals surface area contributed by atoms with Gasteiger partial charge in [0.25, 0.3) is 0 Å². The number of carbonyl (C=O) groups is 2. The molecule has 146 valence electrons. The van der Waals surface area contributed by atoms with E-state index >= 15 is 0 Å². The van der Waals surface area contributed by atoms with Crippen molar-refractivity contribution in [3.05, 3.63) is 52.2 Å². The number of aliphatic imine (C=N–C) groups is 1. The first-order chi connectivity index (χ1) is 13.5. The van der Waals surface area contributed by atoms with E-state index in [1.807, 2.05) is 37.3 Å². The summed E-state index contributed by atoms with van der Waals surface area (Å²) in [4.78, 5) is 28.7. The number of aromatic nitrogens is 2. The van der Waals surface area contributed by atoms with Crippen molar-refractivity contribution in [1.82, 2.24) is 15.5 Å². The maximum absolute atomic E-state index is 12.2. The van der Waals surface area contributed by atoms with E-state index in [2.05, 4.69) is 25.8 Å². The maximum Gasteiger partial charge on any atom is 0.248 e. The molecular formula is C18H20N6O2S2. The number of allylic oxidation sites excluding steroid dienone is 1. The first-order valence-corrected chi connectivity index (χ1v) is 10.4. The molecule has 0 spiro atoms. The summed E-state index contributed by atoms with van der Waals surface area (Å²) >= 11 is 2.61. The number of benzene rings is 1. The van der Waals surface area contributed by atoms with E-state index in [-0.39, 0.29) is 11.7 Å². The molecule has 3 rings (SSSR count). The van der Waals surface area contributed by atoms with Crippen LogP contribution in [0.25, 0.3) is 0 Å². The molecule has 2 amide bonds. The van der Waals surface area contributed by atoms with Crippen molar-refractivity contribution < 1.29 is 9.59 Å². The summed E-state index contributed by atoms with van der Waals surface area (Å²) in [6.45, 7) is 3.76. The molecule has 8 nitrogen and oxygen atoms in total. The molecule has 1 aromatic carbocycles. The average Bonchev–Trinajstić information content (AvgIpc) is 3.13. The Bertz CT molecular complexity index is 939. The average molecular weight is 417 g/mol. The smallest absolute Gasteiger partial charge is 0.248 e. The molecule has 1 aliphatic heterocycles.